The molecule has 3 rings (SSSR count). The molecule has 0 aliphatic carbocycles. The fraction of sp³-hybridized carbons (Fsp3) is 0.524. The van der Waals surface area contributed by atoms with E-state index in [1.54, 1.807) is 0 Å². The van der Waals surface area contributed by atoms with Crippen LogP contribution in [-0.4, -0.2) is 52.3 Å². The molecule has 2 heterocycles. The van der Waals surface area contributed by atoms with Crippen LogP contribution in [0.5, 0.6) is 5.75 Å². The van der Waals surface area contributed by atoms with E-state index in [2.05, 4.69) is 21.9 Å². The van der Waals surface area contributed by atoms with Gasteiger partial charge in [-0.25, -0.2) is 0 Å². The number of rotatable bonds is 6. The van der Waals surface area contributed by atoms with Gasteiger partial charge < -0.3 is 14.6 Å². The van der Waals surface area contributed by atoms with E-state index in [4.69, 9.17) is 4.42 Å². The Morgan fingerprint density at radius 3 is 2.42 bits per heavy atom. The lowest BCUT2D eigenvalue weighted by Crippen LogP contribution is -2.52. The Morgan fingerprint density at radius 2 is 1.81 bits per heavy atom. The standard InChI is InChI=1S/C21H30N2O3/c1-15-10-18(11-16(2)21(15)25)12-22-7-8-23(19(13-22)6-9-24)14-20-5-4-17(3)26-20/h4-5,10-11,19,24-25H,6-9,12-14H2,1-3H3. The zero-order valence-corrected chi connectivity index (χ0v) is 16.0. The summed E-state index contributed by atoms with van der Waals surface area (Å²) in [5.74, 6) is 2.32. The number of aliphatic hydroxyl groups excluding tert-OH is 1. The van der Waals surface area contributed by atoms with Crippen molar-refractivity contribution in [1.29, 1.82) is 0 Å². The number of aliphatic hydroxyl groups is 1. The number of piperazine rings is 1. The van der Waals surface area contributed by atoms with Crippen LogP contribution in [0.4, 0.5) is 0 Å². The number of aryl methyl sites for hydroxylation is 3. The highest BCUT2D eigenvalue weighted by Crippen LogP contribution is 2.25. The zero-order chi connectivity index (χ0) is 18.7. The Hall–Kier alpha value is -1.82. The van der Waals surface area contributed by atoms with Crippen LogP contribution in [0.2, 0.25) is 0 Å². The highest BCUT2D eigenvalue weighted by molar-refractivity contribution is 5.42. The van der Waals surface area contributed by atoms with Gasteiger partial charge in [0.25, 0.3) is 0 Å². The average molecular weight is 358 g/mol. The molecule has 2 N–H and O–H groups in total. The molecule has 1 aliphatic heterocycles. The third kappa shape index (κ3) is 4.47. The van der Waals surface area contributed by atoms with Crippen molar-refractivity contribution in [3.63, 3.8) is 0 Å². The van der Waals surface area contributed by atoms with Gasteiger partial charge in [-0.05, 0) is 56.0 Å². The fourth-order valence-electron chi connectivity index (χ4n) is 3.90. The van der Waals surface area contributed by atoms with Crippen molar-refractivity contribution in [2.45, 2.75) is 46.3 Å². The van der Waals surface area contributed by atoms with Crippen LogP contribution in [0.15, 0.2) is 28.7 Å². The van der Waals surface area contributed by atoms with Crippen LogP contribution in [0.25, 0.3) is 0 Å². The Kier molecular flexibility index (Phi) is 6.01. The maximum Gasteiger partial charge on any atom is 0.121 e. The minimum Gasteiger partial charge on any atom is -0.507 e. The Labute approximate surface area is 155 Å². The summed E-state index contributed by atoms with van der Waals surface area (Å²) in [6.45, 7) is 10.6. The van der Waals surface area contributed by atoms with Gasteiger partial charge in [-0.3, -0.25) is 9.80 Å². The second-order valence-electron chi connectivity index (χ2n) is 7.46. The van der Waals surface area contributed by atoms with Crippen LogP contribution in [-0.2, 0) is 13.1 Å². The number of hydrogen-bond acceptors (Lipinski definition) is 5. The number of furan rings is 1. The van der Waals surface area contributed by atoms with Gasteiger partial charge in [0, 0.05) is 38.8 Å². The lowest BCUT2D eigenvalue weighted by atomic mass is 10.0. The highest BCUT2D eigenvalue weighted by atomic mass is 16.3. The summed E-state index contributed by atoms with van der Waals surface area (Å²) in [5.41, 5.74) is 3.09. The number of aromatic hydroxyl groups is 1. The molecule has 1 atom stereocenters. The lowest BCUT2D eigenvalue weighted by molar-refractivity contribution is 0.0454. The third-order valence-electron chi connectivity index (χ3n) is 5.26. The summed E-state index contributed by atoms with van der Waals surface area (Å²) >= 11 is 0. The van der Waals surface area contributed by atoms with Gasteiger partial charge in [0.05, 0.1) is 6.54 Å². The molecule has 142 valence electrons. The van der Waals surface area contributed by atoms with Crippen molar-refractivity contribution in [1.82, 2.24) is 9.80 Å². The summed E-state index contributed by atoms with van der Waals surface area (Å²) in [7, 11) is 0. The molecule has 26 heavy (non-hydrogen) atoms. The summed E-state index contributed by atoms with van der Waals surface area (Å²) in [4.78, 5) is 4.85. The van der Waals surface area contributed by atoms with Crippen molar-refractivity contribution >= 4 is 0 Å². The van der Waals surface area contributed by atoms with Crippen molar-refractivity contribution in [2.75, 3.05) is 26.2 Å². The van der Waals surface area contributed by atoms with Crippen LogP contribution in [0.1, 0.15) is 34.6 Å². The van der Waals surface area contributed by atoms with Gasteiger partial charge >= 0.3 is 0 Å². The van der Waals surface area contributed by atoms with Crippen molar-refractivity contribution < 1.29 is 14.6 Å². The summed E-state index contributed by atoms with van der Waals surface area (Å²) in [5, 5.41) is 19.5. The number of hydrogen-bond donors (Lipinski definition) is 2. The summed E-state index contributed by atoms with van der Waals surface area (Å²) < 4.78 is 5.73. The molecule has 5 nitrogen and oxygen atoms in total. The second kappa shape index (κ2) is 8.25. The van der Waals surface area contributed by atoms with Crippen LogP contribution in [0.3, 0.4) is 0 Å². The van der Waals surface area contributed by atoms with Crippen molar-refractivity contribution in [3.05, 3.63) is 52.5 Å². The SMILES string of the molecule is Cc1ccc(CN2CCN(Cc3cc(C)c(O)c(C)c3)CC2CCO)o1. The van der Waals surface area contributed by atoms with Crippen LogP contribution >= 0.6 is 0 Å². The van der Waals surface area contributed by atoms with Crippen LogP contribution in [0, 0.1) is 20.8 Å². The van der Waals surface area contributed by atoms with E-state index in [-0.39, 0.29) is 6.61 Å². The van der Waals surface area contributed by atoms with Crippen LogP contribution < -0.4 is 0 Å². The topological polar surface area (TPSA) is 60.1 Å². The third-order valence-corrected chi connectivity index (χ3v) is 5.26. The highest BCUT2D eigenvalue weighted by Gasteiger charge is 2.27. The first-order valence-corrected chi connectivity index (χ1v) is 9.38. The molecule has 1 aromatic heterocycles. The first-order valence-electron chi connectivity index (χ1n) is 9.38. The molecule has 5 heteroatoms. The minimum absolute atomic E-state index is 0.198. The summed E-state index contributed by atoms with van der Waals surface area (Å²) in [6, 6.07) is 8.50. The lowest BCUT2D eigenvalue weighted by Gasteiger charge is -2.41. The van der Waals surface area contributed by atoms with Gasteiger partial charge in [0.15, 0.2) is 0 Å². The van der Waals surface area contributed by atoms with E-state index in [9.17, 15) is 10.2 Å². The first-order chi connectivity index (χ1) is 12.5. The summed E-state index contributed by atoms with van der Waals surface area (Å²) in [6.07, 6.45) is 0.768. The molecular formula is C21H30N2O3. The van der Waals surface area contributed by atoms with Gasteiger partial charge in [-0.1, -0.05) is 12.1 Å². The smallest absolute Gasteiger partial charge is 0.121 e. The zero-order valence-electron chi connectivity index (χ0n) is 16.0. The molecule has 0 bridgehead atoms. The molecule has 0 radical (unpaired) electrons. The number of phenolic OH excluding ortho intramolecular Hbond substituents is 1. The quantitative estimate of drug-likeness (QED) is 0.831. The molecule has 1 unspecified atom stereocenters. The van der Waals surface area contributed by atoms with Gasteiger partial charge in [0.2, 0.25) is 0 Å². The number of phenols is 1. The maximum absolute atomic E-state index is 9.97. The Morgan fingerprint density at radius 1 is 1.08 bits per heavy atom. The monoisotopic (exact) mass is 358 g/mol. The second-order valence-corrected chi connectivity index (χ2v) is 7.46. The van der Waals surface area contributed by atoms with E-state index in [0.29, 0.717) is 11.8 Å². The normalized spacial score (nSPS) is 19.2. The molecule has 0 saturated carbocycles. The average Bonchev–Trinajstić information content (AvgIpc) is 3.00. The van der Waals surface area contributed by atoms with E-state index in [1.807, 2.05) is 32.9 Å². The molecule has 1 aliphatic rings. The molecule has 0 spiro atoms. The molecular weight excluding hydrogens is 328 g/mol. The predicted octanol–water partition coefficient (Wildman–Crippen LogP) is 2.98. The predicted molar refractivity (Wildman–Crippen MR) is 102 cm³/mol. The van der Waals surface area contributed by atoms with E-state index in [0.717, 1.165) is 61.8 Å². The Bertz CT molecular complexity index is 718. The molecule has 2 aromatic rings. The fourth-order valence-corrected chi connectivity index (χ4v) is 3.90. The first kappa shape index (κ1) is 19.0. The van der Waals surface area contributed by atoms with Gasteiger partial charge in [-0.15, -0.1) is 0 Å². The van der Waals surface area contributed by atoms with Gasteiger partial charge in [-0.2, -0.15) is 0 Å². The molecule has 1 fully saturated rings. The Balaban J connectivity index is 1.65. The van der Waals surface area contributed by atoms with E-state index in [1.165, 1.54) is 5.56 Å². The van der Waals surface area contributed by atoms with Gasteiger partial charge in [0.1, 0.15) is 17.3 Å². The maximum atomic E-state index is 9.97. The van der Waals surface area contributed by atoms with E-state index >= 15 is 0 Å². The minimum atomic E-state index is 0.198. The number of nitrogens with zero attached hydrogens (tertiary/aromatic N) is 2. The van der Waals surface area contributed by atoms with Crippen molar-refractivity contribution in [3.8, 4) is 5.75 Å². The molecule has 1 aromatic carbocycles. The molecule has 1 saturated heterocycles. The molecule has 0 amide bonds. The largest absolute Gasteiger partial charge is 0.507 e. The van der Waals surface area contributed by atoms with E-state index < -0.39 is 0 Å². The van der Waals surface area contributed by atoms with Crippen molar-refractivity contribution in [2.24, 2.45) is 0 Å². The number of benzene rings is 1.